The monoisotopic (exact) mass is 410 g/mol. The van der Waals surface area contributed by atoms with Crippen LogP contribution in [0.25, 0.3) is 0 Å². The number of nitriles is 1. The number of benzene rings is 1. The van der Waals surface area contributed by atoms with Crippen molar-refractivity contribution in [2.24, 2.45) is 0 Å². The van der Waals surface area contributed by atoms with Gasteiger partial charge in [0, 0.05) is 17.0 Å². The maximum atomic E-state index is 12.4. The lowest BCUT2D eigenvalue weighted by atomic mass is 10.2. The molecule has 8 heteroatoms. The highest BCUT2D eigenvalue weighted by Crippen LogP contribution is 2.34. The first kappa shape index (κ1) is 23.2. The van der Waals surface area contributed by atoms with E-state index < -0.39 is 12.1 Å². The molecule has 0 fully saturated rings. The largest absolute Gasteiger partial charge is 0.449 e. The summed E-state index contributed by atoms with van der Waals surface area (Å²) in [5.41, 5.74) is 2.00. The average molecular weight is 411 g/mol. The maximum absolute atomic E-state index is 12.4. The van der Waals surface area contributed by atoms with Gasteiger partial charge < -0.3 is 9.47 Å². The second kappa shape index (κ2) is 11.8. The van der Waals surface area contributed by atoms with Gasteiger partial charge in [0.15, 0.2) is 6.61 Å². The Morgan fingerprint density at radius 1 is 1.19 bits per heavy atom. The molecule has 1 aromatic rings. The topological polar surface area (TPSA) is 79.6 Å². The van der Waals surface area contributed by atoms with Crippen LogP contribution in [-0.4, -0.2) is 47.2 Å². The van der Waals surface area contributed by atoms with Crippen LogP contribution >= 0.6 is 21.6 Å². The Labute approximate surface area is 169 Å². The van der Waals surface area contributed by atoms with Crippen LogP contribution in [0.1, 0.15) is 31.9 Å². The minimum atomic E-state index is -0.627. The zero-order chi connectivity index (χ0) is 20.3. The van der Waals surface area contributed by atoms with Crippen LogP contribution in [0, 0.1) is 18.3 Å². The van der Waals surface area contributed by atoms with Gasteiger partial charge >= 0.3 is 12.1 Å². The van der Waals surface area contributed by atoms with E-state index in [2.05, 4.69) is 20.8 Å². The van der Waals surface area contributed by atoms with Crippen LogP contribution in [0.2, 0.25) is 0 Å². The number of esters is 1. The van der Waals surface area contributed by atoms with Gasteiger partial charge in [-0.25, -0.2) is 4.79 Å². The summed E-state index contributed by atoms with van der Waals surface area (Å²) >= 11 is 0. The molecule has 0 saturated carbocycles. The predicted molar refractivity (Wildman–Crippen MR) is 109 cm³/mol. The molecule has 0 aromatic heterocycles. The van der Waals surface area contributed by atoms with E-state index in [4.69, 9.17) is 14.7 Å². The number of carbonyl (C=O) groups excluding carboxylic acids is 2. The van der Waals surface area contributed by atoms with E-state index in [0.29, 0.717) is 12.3 Å². The van der Waals surface area contributed by atoms with Crippen molar-refractivity contribution in [3.05, 3.63) is 35.4 Å². The molecule has 0 N–H and O–H groups in total. The van der Waals surface area contributed by atoms with E-state index in [1.807, 2.05) is 31.2 Å². The molecular weight excluding hydrogens is 384 g/mol. The summed E-state index contributed by atoms with van der Waals surface area (Å²) in [6.07, 6.45) is -0.578. The van der Waals surface area contributed by atoms with Crippen molar-refractivity contribution in [3.63, 3.8) is 0 Å². The van der Waals surface area contributed by atoms with Crippen LogP contribution in [0.4, 0.5) is 4.79 Å². The Bertz CT molecular complexity index is 651. The molecule has 0 saturated heterocycles. The molecule has 0 aliphatic heterocycles. The third-order valence-electron chi connectivity index (χ3n) is 3.11. The summed E-state index contributed by atoms with van der Waals surface area (Å²) < 4.78 is 10.2. The second-order valence-electron chi connectivity index (χ2n) is 6.80. The summed E-state index contributed by atoms with van der Waals surface area (Å²) in [7, 11) is 3.34. The van der Waals surface area contributed by atoms with Crippen LogP contribution in [0.15, 0.2) is 24.3 Å². The van der Waals surface area contributed by atoms with Gasteiger partial charge in [-0.3, -0.25) is 9.69 Å². The average Bonchev–Trinajstić information content (AvgIpc) is 2.60. The van der Waals surface area contributed by atoms with E-state index >= 15 is 0 Å². The zero-order valence-electron chi connectivity index (χ0n) is 16.2. The lowest BCUT2D eigenvalue weighted by Gasteiger charge is -2.22. The van der Waals surface area contributed by atoms with Crippen molar-refractivity contribution in [1.82, 2.24) is 4.90 Å². The quantitative estimate of drug-likeness (QED) is 0.343. The van der Waals surface area contributed by atoms with E-state index in [1.54, 1.807) is 27.7 Å². The van der Waals surface area contributed by atoms with Gasteiger partial charge in [-0.05, 0) is 12.5 Å². The standard InChI is InChI=1S/C19H26N2O4S2/c1-15-5-7-16(8-6-15)14-25-18(23)21(13-17(22)24-11-9-20)10-12-26-27-19(2,3)4/h5-8H,10-14H2,1-4H3. The highest BCUT2D eigenvalue weighted by atomic mass is 33.1. The van der Waals surface area contributed by atoms with Crippen molar-refractivity contribution in [2.75, 3.05) is 25.4 Å². The van der Waals surface area contributed by atoms with Crippen molar-refractivity contribution in [3.8, 4) is 6.07 Å². The summed E-state index contributed by atoms with van der Waals surface area (Å²) in [5.74, 6) is 0.0184. The van der Waals surface area contributed by atoms with Crippen LogP contribution in [-0.2, 0) is 20.9 Å². The minimum Gasteiger partial charge on any atom is -0.449 e. The molecule has 0 spiro atoms. The highest BCUT2D eigenvalue weighted by molar-refractivity contribution is 8.77. The summed E-state index contributed by atoms with van der Waals surface area (Å²) in [5, 5.41) is 8.50. The zero-order valence-corrected chi connectivity index (χ0v) is 17.8. The Balaban J connectivity index is 2.58. The van der Waals surface area contributed by atoms with E-state index in [0.717, 1.165) is 11.1 Å². The molecule has 0 heterocycles. The van der Waals surface area contributed by atoms with Gasteiger partial charge in [-0.2, -0.15) is 5.26 Å². The Morgan fingerprint density at radius 3 is 2.44 bits per heavy atom. The third kappa shape index (κ3) is 10.8. The third-order valence-corrected chi connectivity index (χ3v) is 6.43. The van der Waals surface area contributed by atoms with Crippen molar-refractivity contribution < 1.29 is 19.1 Å². The van der Waals surface area contributed by atoms with Gasteiger partial charge in [-0.15, -0.1) is 0 Å². The SMILES string of the molecule is Cc1ccc(COC(=O)N(CCSSC(C)(C)C)CC(=O)OCC#N)cc1. The lowest BCUT2D eigenvalue weighted by molar-refractivity contribution is -0.143. The Morgan fingerprint density at radius 2 is 1.85 bits per heavy atom. The first-order valence-corrected chi connectivity index (χ1v) is 10.8. The molecular formula is C19H26N2O4S2. The molecule has 0 aliphatic rings. The van der Waals surface area contributed by atoms with Gasteiger partial charge in [0.05, 0.1) is 0 Å². The molecule has 27 heavy (non-hydrogen) atoms. The number of ether oxygens (including phenoxy) is 2. The molecule has 148 valence electrons. The first-order valence-electron chi connectivity index (χ1n) is 8.52. The fraction of sp³-hybridized carbons (Fsp3) is 0.526. The number of hydrogen-bond donors (Lipinski definition) is 0. The molecule has 0 atom stereocenters. The molecule has 0 aliphatic carbocycles. The van der Waals surface area contributed by atoms with Gasteiger partial charge in [-0.1, -0.05) is 72.2 Å². The number of aryl methyl sites for hydroxylation is 1. The number of nitrogens with zero attached hydrogens (tertiary/aromatic N) is 2. The van der Waals surface area contributed by atoms with Gasteiger partial charge in [0.25, 0.3) is 0 Å². The predicted octanol–water partition coefficient (Wildman–Crippen LogP) is 4.18. The van der Waals surface area contributed by atoms with Crippen LogP contribution < -0.4 is 0 Å². The number of carbonyl (C=O) groups is 2. The fourth-order valence-corrected chi connectivity index (χ4v) is 4.10. The Hall–Kier alpha value is -1.85. The highest BCUT2D eigenvalue weighted by Gasteiger charge is 2.20. The second-order valence-corrected chi connectivity index (χ2v) is 10.0. The molecule has 1 rings (SSSR count). The Kier molecular flexibility index (Phi) is 10.1. The molecule has 6 nitrogen and oxygen atoms in total. The molecule has 0 bridgehead atoms. The summed E-state index contributed by atoms with van der Waals surface area (Å²) in [4.78, 5) is 25.5. The fourth-order valence-electron chi connectivity index (χ4n) is 1.84. The number of rotatable bonds is 9. The van der Waals surface area contributed by atoms with Crippen molar-refractivity contribution in [2.45, 2.75) is 39.0 Å². The van der Waals surface area contributed by atoms with Gasteiger partial charge in [0.1, 0.15) is 19.2 Å². The van der Waals surface area contributed by atoms with E-state index in [9.17, 15) is 9.59 Å². The normalized spacial score (nSPS) is 10.8. The summed E-state index contributed by atoms with van der Waals surface area (Å²) in [6, 6.07) is 9.41. The van der Waals surface area contributed by atoms with Crippen LogP contribution in [0.3, 0.4) is 0 Å². The molecule has 0 radical (unpaired) electrons. The first-order chi connectivity index (χ1) is 12.7. The minimum absolute atomic E-state index is 0.104. The molecule has 1 aromatic carbocycles. The molecule has 0 unspecified atom stereocenters. The van der Waals surface area contributed by atoms with E-state index in [-0.39, 0.29) is 24.5 Å². The van der Waals surface area contributed by atoms with Gasteiger partial charge in [0.2, 0.25) is 0 Å². The smallest absolute Gasteiger partial charge is 0.410 e. The number of amides is 1. The number of hydrogen-bond acceptors (Lipinski definition) is 7. The van der Waals surface area contributed by atoms with Crippen molar-refractivity contribution in [1.29, 1.82) is 5.26 Å². The summed E-state index contributed by atoms with van der Waals surface area (Å²) in [6.45, 7) is 8.22. The van der Waals surface area contributed by atoms with Crippen LogP contribution in [0.5, 0.6) is 0 Å². The molecule has 1 amide bonds. The maximum Gasteiger partial charge on any atom is 0.410 e. The lowest BCUT2D eigenvalue weighted by Crippen LogP contribution is -2.38. The van der Waals surface area contributed by atoms with Crippen molar-refractivity contribution >= 4 is 33.7 Å². The van der Waals surface area contributed by atoms with E-state index in [1.165, 1.54) is 4.90 Å².